The summed E-state index contributed by atoms with van der Waals surface area (Å²) in [6.45, 7) is 7.75. The summed E-state index contributed by atoms with van der Waals surface area (Å²) >= 11 is 0.991. The van der Waals surface area contributed by atoms with Gasteiger partial charge < -0.3 is 162 Å². The summed E-state index contributed by atoms with van der Waals surface area (Å²) in [7, 11) is 0. The highest BCUT2D eigenvalue weighted by Gasteiger charge is 2.41. The molecule has 0 heterocycles. The molecule has 17 atom stereocenters. The second-order valence-corrected chi connectivity index (χ2v) is 34.7. The van der Waals surface area contributed by atoms with Gasteiger partial charge in [-0.15, -0.1) is 11.8 Å². The van der Waals surface area contributed by atoms with Crippen LogP contribution < -0.4 is 137 Å². The van der Waals surface area contributed by atoms with Crippen molar-refractivity contribution in [3.63, 3.8) is 0 Å². The van der Waals surface area contributed by atoms with Crippen molar-refractivity contribution < 1.29 is 141 Å². The van der Waals surface area contributed by atoms with Crippen LogP contribution in [-0.2, 0) is 115 Å². The number of aliphatic hydroxyl groups is 1. The Labute approximate surface area is 808 Å². The van der Waals surface area contributed by atoms with E-state index in [1.165, 1.54) is 20.8 Å². The Kier molecular flexibility index (Phi) is 63.9. The van der Waals surface area contributed by atoms with Gasteiger partial charge in [-0.3, -0.25) is 115 Å². The summed E-state index contributed by atoms with van der Waals surface area (Å²) in [5, 5.41) is 87.7. The van der Waals surface area contributed by atoms with Crippen molar-refractivity contribution in [2.24, 2.45) is 63.4 Å². The molecule has 0 fully saturated rings. The molecule has 0 spiro atoms. The number of carbonyl (C=O) groups excluding carboxylic acids is 20. The van der Waals surface area contributed by atoms with Crippen LogP contribution in [0.1, 0.15) is 215 Å². The van der Waals surface area contributed by atoms with E-state index in [2.05, 4.69) is 85.1 Å². The predicted molar refractivity (Wildman–Crippen MR) is 498 cm³/mol. The lowest BCUT2D eigenvalue weighted by molar-refractivity contribution is -0.141. The SMILES string of the molecule is CC[C@H](C)[C@H](NC(=O)[C@H](CCC(=O)O)NC(=O)[C@H](CCC(=O)O)NC(=O)[C@H](CCC(=O)O)NC(=O)[C@H](CCC(N)=O)NC(=O)[C@H](CC(N)=O)NC(=O)[C@H](CCCCN)NC(=O)[C@H](CO)NC(=O)[C@H](CCCCN)NC(=O)[C@H](CCCCN)NC(=O)[C@H](CCCCN)NC(=O)[C@H](C)NC(=O)CNC(=O)[C@@H](N)CSCC(N)=O)C(=O)N[C@@H](CCCCN)C(=O)N[C@@H](CC(=O)O)C(=O)N[C@@H](CC(C)C)C(C)=O. The number of aliphatic hydroxyl groups excluding tert-OH is 1. The number of nitrogens with two attached hydrogens (primary N) is 9. The van der Waals surface area contributed by atoms with Crippen molar-refractivity contribution in [3.8, 4) is 0 Å². The van der Waals surface area contributed by atoms with Gasteiger partial charge in [0.25, 0.3) is 0 Å². The van der Waals surface area contributed by atoms with Crippen molar-refractivity contribution in [1.29, 1.82) is 0 Å². The fourth-order valence-electron chi connectivity index (χ4n) is 13.3. The van der Waals surface area contributed by atoms with Crippen LogP contribution in [0.25, 0.3) is 0 Å². The number of thioether (sulfide) groups is 1. The van der Waals surface area contributed by atoms with E-state index in [9.17, 15) is 141 Å². The lowest BCUT2D eigenvalue weighted by Crippen LogP contribution is -2.61. The lowest BCUT2D eigenvalue weighted by atomic mass is 9.96. The molecule has 0 aliphatic rings. The Morgan fingerprint density at radius 3 is 0.892 bits per heavy atom. The van der Waals surface area contributed by atoms with Crippen molar-refractivity contribution in [2.45, 2.75) is 312 Å². The first-order chi connectivity index (χ1) is 65.4. The molecule has 0 unspecified atom stereocenters. The molecule has 0 radical (unpaired) electrons. The summed E-state index contributed by atoms with van der Waals surface area (Å²) in [5.74, 6) is -29.2. The molecule has 54 nitrogen and oxygen atoms in total. The standard InChI is InChI=1S/C84H147N25O29S/c1-7-44(4)69(84(138)104-52(22-12-17-35-89)75(129)107-59(38-68(122)123)82(136)105-57(46(6)111)36-43(2)3)109-80(134)56(26-30-67(120)121)102-79(133)55(25-29-66(118)119)101-78(132)54(24-28-65(116)117)100-77(131)53(23-27-61(91)112)103-81(135)58(37-62(92)113)106-74(128)50(20-10-15-33-87)99-83(137)60(40-110)108-76(130)51(21-11-16-34-88)98-73(127)49(19-9-14-32-86)97-72(126)48(18-8-13-31-85)96-70(124)45(5)95-64(115)39-94-71(125)47(90)41-139-42-63(93)114/h43-45,47-60,69,110H,7-42,85-90H2,1-6H3,(H2,91,112)(H2,92,113)(H2,93,114)(H,94,125)(H,95,115)(H,96,124)(H,97,126)(H,98,127)(H,99,137)(H,100,131)(H,101,132)(H,102,133)(H,103,135)(H,104,138)(H,105,136)(H,106,128)(H,107,129)(H,108,130)(H,109,134)(H,116,117)(H,118,119)(H,120,121)(H,122,123)/t44-,45-,47-,48-,49-,50-,51-,52-,53-,54-,55-,56-,57-,58-,59-,60-,69-/m0/s1. The van der Waals surface area contributed by atoms with Crippen LogP contribution >= 0.6 is 11.8 Å². The van der Waals surface area contributed by atoms with Crippen molar-refractivity contribution in [2.75, 3.05) is 57.4 Å². The highest BCUT2D eigenvalue weighted by Crippen LogP contribution is 2.17. The van der Waals surface area contributed by atoms with Crippen molar-refractivity contribution >= 4 is 154 Å². The number of carbonyl (C=O) groups is 24. The van der Waals surface area contributed by atoms with Crippen molar-refractivity contribution in [1.82, 2.24) is 85.1 Å². The number of Topliss-reactive ketones (excluding diaryl/α,β-unsaturated/α-hetero) is 1. The van der Waals surface area contributed by atoms with Crippen LogP contribution in [-0.4, -0.2) is 321 Å². The molecular weight excluding hydrogens is 1860 g/mol. The fourth-order valence-corrected chi connectivity index (χ4v) is 14.0. The van der Waals surface area contributed by atoms with Gasteiger partial charge in [-0.25, -0.2) is 0 Å². The molecule has 0 saturated carbocycles. The van der Waals surface area contributed by atoms with Gasteiger partial charge in [-0.1, -0.05) is 34.1 Å². The molecular formula is C84H147N25O29S. The maximum Gasteiger partial charge on any atom is 0.305 e. The third-order valence-corrected chi connectivity index (χ3v) is 22.4. The summed E-state index contributed by atoms with van der Waals surface area (Å²) in [6.07, 6.45) is -7.39. The number of hydrogen-bond acceptors (Lipinski definition) is 32. The normalized spacial score (nSPS) is 14.7. The Hall–Kier alpha value is -12.4. The number of carboxylic acid groups (broad SMARTS) is 4. The maximum atomic E-state index is 14.5. The average Bonchev–Trinajstić information content (AvgIpc) is 0.854. The molecule has 0 bridgehead atoms. The fraction of sp³-hybridized carbons (Fsp3) is 0.714. The van der Waals surface area contributed by atoms with Gasteiger partial charge in [0.1, 0.15) is 84.6 Å². The van der Waals surface area contributed by atoms with E-state index >= 15 is 0 Å². The quantitative estimate of drug-likeness (QED) is 0.0251. The van der Waals surface area contributed by atoms with Gasteiger partial charge >= 0.3 is 23.9 Å². The highest BCUT2D eigenvalue weighted by atomic mass is 32.2. The van der Waals surface area contributed by atoms with Gasteiger partial charge in [0.15, 0.2) is 5.78 Å². The summed E-state index contributed by atoms with van der Waals surface area (Å²) < 4.78 is 0. The van der Waals surface area contributed by atoms with Crippen molar-refractivity contribution in [3.05, 3.63) is 0 Å². The number of amides is 19. The summed E-state index contributed by atoms with van der Waals surface area (Å²) in [6, 6.07) is -27.1. The monoisotopic (exact) mass is 2000 g/mol. The molecule has 0 aromatic carbocycles. The number of unbranched alkanes of at least 4 members (excludes halogenated alkanes) is 5. The van der Waals surface area contributed by atoms with Crippen LogP contribution in [0.3, 0.4) is 0 Å². The molecule has 39 N–H and O–H groups in total. The minimum atomic E-state index is -2.13. The Bertz CT molecular complexity index is 4100. The zero-order valence-electron chi connectivity index (χ0n) is 79.5. The summed E-state index contributed by atoms with van der Waals surface area (Å²) in [5.41, 5.74) is 50.7. The van der Waals surface area contributed by atoms with Gasteiger partial charge in [-0.2, -0.15) is 0 Å². The van der Waals surface area contributed by atoms with E-state index in [0.29, 0.717) is 12.8 Å². The van der Waals surface area contributed by atoms with E-state index < -0.39 is 322 Å². The first-order valence-electron chi connectivity index (χ1n) is 45.9. The number of carboxylic acids is 4. The Balaban J connectivity index is 7.46. The lowest BCUT2D eigenvalue weighted by Gasteiger charge is -2.30. The van der Waals surface area contributed by atoms with E-state index in [1.807, 2.05) is 0 Å². The summed E-state index contributed by atoms with van der Waals surface area (Å²) in [4.78, 5) is 322. The Morgan fingerprint density at radius 1 is 0.309 bits per heavy atom. The zero-order valence-corrected chi connectivity index (χ0v) is 80.3. The van der Waals surface area contributed by atoms with E-state index in [-0.39, 0.29) is 146 Å². The highest BCUT2D eigenvalue weighted by molar-refractivity contribution is 8.00. The predicted octanol–water partition coefficient (Wildman–Crippen LogP) is -10.5. The molecule has 0 aromatic heterocycles. The minimum Gasteiger partial charge on any atom is -0.481 e. The Morgan fingerprint density at radius 2 is 0.597 bits per heavy atom. The average molecular weight is 2000 g/mol. The first-order valence-corrected chi connectivity index (χ1v) is 47.1. The minimum absolute atomic E-state index is 0.00643. The third kappa shape index (κ3) is 54.5. The number of ketones is 1. The maximum absolute atomic E-state index is 14.5. The van der Waals surface area contributed by atoms with Gasteiger partial charge in [0.2, 0.25) is 112 Å². The second kappa shape index (κ2) is 70.2. The van der Waals surface area contributed by atoms with E-state index in [1.54, 1.807) is 20.8 Å². The molecule has 19 amide bonds. The number of rotatable bonds is 78. The van der Waals surface area contributed by atoms with Gasteiger partial charge in [0, 0.05) is 31.4 Å². The molecule has 0 aliphatic carbocycles. The van der Waals surface area contributed by atoms with Crippen LogP contribution in [0.15, 0.2) is 0 Å². The molecule has 0 rings (SSSR count). The van der Waals surface area contributed by atoms with E-state index in [0.717, 1.165) is 11.8 Å². The van der Waals surface area contributed by atoms with Crippen LogP contribution in [0, 0.1) is 11.8 Å². The molecule has 55 heteroatoms. The number of primary amides is 3. The molecule has 0 aliphatic heterocycles. The molecule has 788 valence electrons. The second-order valence-electron chi connectivity index (χ2n) is 33.7. The van der Waals surface area contributed by atoms with Crippen LogP contribution in [0.2, 0.25) is 0 Å². The largest absolute Gasteiger partial charge is 0.481 e. The zero-order chi connectivity index (χ0) is 106. The number of nitrogens with one attached hydrogen (secondary N) is 16. The number of hydrogen-bond donors (Lipinski definition) is 30. The van der Waals surface area contributed by atoms with Crippen LogP contribution in [0.4, 0.5) is 0 Å². The molecule has 0 aromatic rings. The number of aliphatic carboxylic acids is 4. The molecule has 0 saturated heterocycles. The first kappa shape index (κ1) is 127. The molecule has 139 heavy (non-hydrogen) atoms. The topological polar surface area (TPSA) is 937 Å². The van der Waals surface area contributed by atoms with Gasteiger partial charge in [-0.05, 0) is 187 Å². The smallest absolute Gasteiger partial charge is 0.305 e. The van der Waals surface area contributed by atoms with Crippen LogP contribution in [0.5, 0.6) is 0 Å². The van der Waals surface area contributed by atoms with Gasteiger partial charge in [0.05, 0.1) is 43.8 Å². The van der Waals surface area contributed by atoms with E-state index in [4.69, 9.17) is 51.6 Å². The third-order valence-electron chi connectivity index (χ3n) is 21.3.